The largest absolute Gasteiger partial charge is 0.481 e. The molecule has 0 saturated heterocycles. The van der Waals surface area contributed by atoms with E-state index in [1.165, 1.54) is 25.0 Å². The van der Waals surface area contributed by atoms with E-state index < -0.39 is 40.9 Å². The van der Waals surface area contributed by atoms with Gasteiger partial charge in [0.2, 0.25) is 0 Å². The van der Waals surface area contributed by atoms with Gasteiger partial charge in [0.25, 0.3) is 0 Å². The van der Waals surface area contributed by atoms with E-state index in [2.05, 4.69) is 20.8 Å². The average Bonchev–Trinajstić information content (AvgIpc) is 3.35. The standard InChI is InChI=1S/C37H50O8/c1-22(11-10-20-43-23(2)38)27-15-16-28-26-14-17-30-36(5,29(26)18-19-35(27,28)4)31(44-24(3)39)21-32(37(30,6)34(41)42)45-33(40)25-12-8-7-9-13-25/h7-9,12-13,22,27-28,30-32H,10-11,14-21H2,1-6H3,(H,41,42)/t22-,27-,28+,30-,31-,32+,35-,36-,37+/m1/s1. The first-order valence-electron chi connectivity index (χ1n) is 16.8. The minimum atomic E-state index is -1.36. The van der Waals surface area contributed by atoms with Crippen LogP contribution in [0.4, 0.5) is 0 Å². The first kappa shape index (κ1) is 33.2. The lowest BCUT2D eigenvalue weighted by atomic mass is 9.44. The van der Waals surface area contributed by atoms with Crippen molar-refractivity contribution in [3.8, 4) is 0 Å². The van der Waals surface area contributed by atoms with Crippen molar-refractivity contribution in [1.82, 2.24) is 0 Å². The first-order valence-corrected chi connectivity index (χ1v) is 16.8. The number of ether oxygens (including phenoxy) is 3. The van der Waals surface area contributed by atoms with E-state index >= 15 is 0 Å². The van der Waals surface area contributed by atoms with E-state index in [0.29, 0.717) is 36.3 Å². The Morgan fingerprint density at radius 2 is 1.64 bits per heavy atom. The SMILES string of the molecule is CC(=O)OCCC[C@@H](C)[C@H]1CC[C@H]2C3=C(CC[C@]12C)[C@]1(C)[C@@H](CC3)[C@](C)(C(=O)O)[C@@H](OC(=O)c2ccccc2)C[C@H]1OC(C)=O. The lowest BCUT2D eigenvalue weighted by molar-refractivity contribution is -0.201. The smallest absolute Gasteiger partial charge is 0.338 e. The molecular formula is C37H50O8. The molecular weight excluding hydrogens is 572 g/mol. The Labute approximate surface area is 267 Å². The number of carboxylic acids is 1. The molecule has 0 aliphatic heterocycles. The summed E-state index contributed by atoms with van der Waals surface area (Å²) in [6.07, 6.45) is 5.97. The van der Waals surface area contributed by atoms with Crippen LogP contribution in [0.3, 0.4) is 0 Å². The van der Waals surface area contributed by atoms with Gasteiger partial charge in [-0.15, -0.1) is 0 Å². The second-order valence-electron chi connectivity index (χ2n) is 14.8. The van der Waals surface area contributed by atoms with Crippen molar-refractivity contribution in [3.63, 3.8) is 0 Å². The Morgan fingerprint density at radius 1 is 0.933 bits per heavy atom. The van der Waals surface area contributed by atoms with Crippen LogP contribution in [0.1, 0.15) is 110 Å². The lowest BCUT2D eigenvalue weighted by Crippen LogP contribution is -2.64. The minimum absolute atomic E-state index is 0.134. The highest BCUT2D eigenvalue weighted by Crippen LogP contribution is 2.68. The summed E-state index contributed by atoms with van der Waals surface area (Å²) in [7, 11) is 0. The van der Waals surface area contributed by atoms with Crippen LogP contribution >= 0.6 is 0 Å². The van der Waals surface area contributed by atoms with Crippen molar-refractivity contribution in [2.45, 2.75) is 112 Å². The number of fused-ring (bicyclic) bond motifs is 4. The number of hydrogen-bond donors (Lipinski definition) is 1. The molecule has 45 heavy (non-hydrogen) atoms. The van der Waals surface area contributed by atoms with Crippen molar-refractivity contribution >= 4 is 23.9 Å². The highest BCUT2D eigenvalue weighted by atomic mass is 16.6. The second-order valence-corrected chi connectivity index (χ2v) is 14.8. The number of allylic oxidation sites excluding steroid dienone is 1. The molecule has 4 aliphatic rings. The van der Waals surface area contributed by atoms with E-state index in [9.17, 15) is 24.3 Å². The van der Waals surface area contributed by atoms with Crippen molar-refractivity contribution in [2.75, 3.05) is 6.61 Å². The van der Waals surface area contributed by atoms with Crippen LogP contribution in [0.2, 0.25) is 0 Å². The third kappa shape index (κ3) is 5.71. The fraction of sp³-hybridized carbons (Fsp3) is 0.676. The zero-order chi connectivity index (χ0) is 32.7. The van der Waals surface area contributed by atoms with Gasteiger partial charge < -0.3 is 19.3 Å². The van der Waals surface area contributed by atoms with E-state index in [1.807, 2.05) is 6.07 Å². The van der Waals surface area contributed by atoms with Gasteiger partial charge in [0.05, 0.1) is 12.2 Å². The quantitative estimate of drug-likeness (QED) is 0.134. The van der Waals surface area contributed by atoms with Crippen molar-refractivity contribution in [1.29, 1.82) is 0 Å². The maximum atomic E-state index is 13.2. The van der Waals surface area contributed by atoms with E-state index in [-0.39, 0.29) is 23.7 Å². The molecule has 0 amide bonds. The maximum absolute atomic E-state index is 13.2. The fourth-order valence-corrected chi connectivity index (χ4v) is 10.3. The maximum Gasteiger partial charge on any atom is 0.338 e. The molecule has 8 heteroatoms. The molecule has 1 aromatic carbocycles. The Kier molecular flexibility index (Phi) is 9.27. The number of carbonyl (C=O) groups excluding carboxylic acids is 3. The van der Waals surface area contributed by atoms with Gasteiger partial charge >= 0.3 is 23.9 Å². The number of aliphatic carboxylic acids is 1. The van der Waals surface area contributed by atoms with Crippen molar-refractivity contribution in [2.24, 2.45) is 39.9 Å². The van der Waals surface area contributed by atoms with Gasteiger partial charge in [-0.3, -0.25) is 14.4 Å². The molecule has 0 bridgehead atoms. The van der Waals surface area contributed by atoms with Gasteiger partial charge in [-0.2, -0.15) is 0 Å². The highest BCUT2D eigenvalue weighted by Gasteiger charge is 2.67. The normalized spacial score (nSPS) is 36.2. The third-order valence-corrected chi connectivity index (χ3v) is 12.5. The van der Waals surface area contributed by atoms with E-state index in [0.717, 1.165) is 44.9 Å². The summed E-state index contributed by atoms with van der Waals surface area (Å²) in [5.41, 5.74) is 1.18. The first-order chi connectivity index (χ1) is 21.2. The predicted octanol–water partition coefficient (Wildman–Crippen LogP) is 7.16. The molecule has 8 nitrogen and oxygen atoms in total. The molecule has 0 spiro atoms. The summed E-state index contributed by atoms with van der Waals surface area (Å²) >= 11 is 0. The van der Waals surface area contributed by atoms with Gasteiger partial charge in [0.1, 0.15) is 17.6 Å². The summed E-state index contributed by atoms with van der Waals surface area (Å²) in [5, 5.41) is 10.8. The molecule has 0 heterocycles. The average molecular weight is 623 g/mol. The van der Waals surface area contributed by atoms with Gasteiger partial charge in [-0.25, -0.2) is 4.79 Å². The molecule has 9 atom stereocenters. The number of benzene rings is 1. The Hall–Kier alpha value is -3.16. The van der Waals surface area contributed by atoms with Gasteiger partial charge in [-0.1, -0.05) is 50.1 Å². The Balaban J connectivity index is 1.47. The summed E-state index contributed by atoms with van der Waals surface area (Å²) in [4.78, 5) is 50.2. The molecule has 0 unspecified atom stereocenters. The summed E-state index contributed by atoms with van der Waals surface area (Å²) in [5.74, 6) is -1.12. The molecule has 1 aromatic rings. The number of rotatable bonds is 9. The summed E-state index contributed by atoms with van der Waals surface area (Å²) in [6, 6.07) is 8.61. The number of carbonyl (C=O) groups is 4. The topological polar surface area (TPSA) is 116 Å². The molecule has 2 fully saturated rings. The number of carboxylic acid groups (broad SMARTS) is 1. The molecule has 246 valence electrons. The van der Waals surface area contributed by atoms with Crippen LogP contribution < -0.4 is 0 Å². The zero-order valence-electron chi connectivity index (χ0n) is 27.7. The van der Waals surface area contributed by atoms with Crippen molar-refractivity contribution in [3.05, 3.63) is 47.0 Å². The lowest BCUT2D eigenvalue weighted by Gasteiger charge is -2.61. The van der Waals surface area contributed by atoms with E-state index in [1.54, 1.807) is 31.2 Å². The van der Waals surface area contributed by atoms with Crippen LogP contribution in [-0.4, -0.2) is 47.8 Å². The zero-order valence-corrected chi connectivity index (χ0v) is 27.7. The minimum Gasteiger partial charge on any atom is -0.481 e. The van der Waals surface area contributed by atoms with Gasteiger partial charge in [0, 0.05) is 25.7 Å². The number of esters is 3. The fourth-order valence-electron chi connectivity index (χ4n) is 10.3. The Morgan fingerprint density at radius 3 is 2.29 bits per heavy atom. The molecule has 4 aliphatic carbocycles. The van der Waals surface area contributed by atoms with E-state index in [4.69, 9.17) is 14.2 Å². The molecule has 1 N–H and O–H groups in total. The van der Waals surface area contributed by atoms with Crippen LogP contribution in [0, 0.1) is 39.9 Å². The molecule has 5 rings (SSSR count). The van der Waals surface area contributed by atoms with Gasteiger partial charge in [-0.05, 0) is 99.5 Å². The second kappa shape index (κ2) is 12.6. The van der Waals surface area contributed by atoms with Gasteiger partial charge in [0.15, 0.2) is 0 Å². The predicted molar refractivity (Wildman–Crippen MR) is 168 cm³/mol. The van der Waals surface area contributed by atoms with Crippen molar-refractivity contribution < 1.29 is 38.5 Å². The van der Waals surface area contributed by atoms with Crippen LogP contribution in [0.5, 0.6) is 0 Å². The monoisotopic (exact) mass is 622 g/mol. The molecule has 0 aromatic heterocycles. The summed E-state index contributed by atoms with van der Waals surface area (Å²) < 4.78 is 17.3. The molecule has 2 saturated carbocycles. The highest BCUT2D eigenvalue weighted by molar-refractivity contribution is 5.90. The molecule has 0 radical (unpaired) electrons. The van der Waals surface area contributed by atoms with Crippen LogP contribution in [0.25, 0.3) is 0 Å². The van der Waals surface area contributed by atoms with Crippen LogP contribution in [-0.2, 0) is 28.6 Å². The number of hydrogen-bond acceptors (Lipinski definition) is 7. The Bertz CT molecular complexity index is 1350. The van der Waals surface area contributed by atoms with Crippen LogP contribution in [0.15, 0.2) is 41.5 Å². The summed E-state index contributed by atoms with van der Waals surface area (Å²) in [6.45, 7) is 11.9. The third-order valence-electron chi connectivity index (χ3n) is 12.5.